The molecule has 0 aromatic rings. The largest absolute Gasteiger partial charge is 0.394 e. The van der Waals surface area contributed by atoms with Crippen LogP contribution < -0.4 is 5.32 Å². The minimum Gasteiger partial charge on any atom is -0.394 e. The van der Waals surface area contributed by atoms with Crippen molar-refractivity contribution in [1.29, 1.82) is 0 Å². The number of amides is 1. The van der Waals surface area contributed by atoms with Crippen molar-refractivity contribution >= 4 is 5.91 Å². The SMILES string of the molecule is CCCCCCCCCC/C=C\CCCCCCCCCCCCCCCC(=O)NC(COC1OC(CO)C(O)C(O)C1O)C(O)/C=C/CCCCCCCCCCCCCCCCCCCCCCCCCC. The first-order chi connectivity index (χ1) is 36.3. The Hall–Kier alpha value is -1.33. The van der Waals surface area contributed by atoms with E-state index in [1.165, 1.54) is 270 Å². The summed E-state index contributed by atoms with van der Waals surface area (Å²) in [6.07, 6.45) is 64.1. The molecular weight excluding hydrogens is 923 g/mol. The Labute approximate surface area is 458 Å². The number of allylic oxidation sites excluding steroid dienone is 3. The molecule has 0 bridgehead atoms. The van der Waals surface area contributed by atoms with Gasteiger partial charge in [-0.15, -0.1) is 0 Å². The third kappa shape index (κ3) is 43.6. The van der Waals surface area contributed by atoms with Crippen LogP contribution in [0, 0.1) is 0 Å². The van der Waals surface area contributed by atoms with Crippen LogP contribution in [0.25, 0.3) is 0 Å². The highest BCUT2D eigenvalue weighted by atomic mass is 16.7. The second kappa shape index (κ2) is 55.0. The molecule has 1 aliphatic heterocycles. The number of carbonyl (C=O) groups is 1. The van der Waals surface area contributed by atoms with Gasteiger partial charge in [0, 0.05) is 6.42 Å². The fourth-order valence-corrected chi connectivity index (χ4v) is 10.6. The van der Waals surface area contributed by atoms with Crippen LogP contribution in [0.1, 0.15) is 328 Å². The Balaban J connectivity index is 2.17. The van der Waals surface area contributed by atoms with E-state index in [0.29, 0.717) is 6.42 Å². The van der Waals surface area contributed by atoms with E-state index in [1.54, 1.807) is 6.08 Å². The van der Waals surface area contributed by atoms with Gasteiger partial charge in [0.15, 0.2) is 6.29 Å². The fraction of sp³-hybridized carbons (Fsp3) is 0.923. The van der Waals surface area contributed by atoms with Crippen LogP contribution in [-0.2, 0) is 14.3 Å². The molecule has 9 nitrogen and oxygen atoms in total. The quantitative estimate of drug-likeness (QED) is 0.0261. The molecule has 438 valence electrons. The molecule has 1 aliphatic rings. The summed E-state index contributed by atoms with van der Waals surface area (Å²) in [5.74, 6) is -0.171. The molecule has 0 spiro atoms. The van der Waals surface area contributed by atoms with Crippen LogP contribution in [0.4, 0.5) is 0 Å². The first-order valence-electron chi connectivity index (χ1n) is 32.6. The second-order valence-electron chi connectivity index (χ2n) is 22.9. The molecule has 0 aromatic heterocycles. The smallest absolute Gasteiger partial charge is 0.220 e. The van der Waals surface area contributed by atoms with Crippen molar-refractivity contribution in [2.45, 2.75) is 371 Å². The van der Waals surface area contributed by atoms with E-state index in [1.807, 2.05) is 6.08 Å². The lowest BCUT2D eigenvalue weighted by Gasteiger charge is -2.40. The molecule has 74 heavy (non-hydrogen) atoms. The number of aliphatic hydroxyl groups is 5. The van der Waals surface area contributed by atoms with Gasteiger partial charge in [0.2, 0.25) is 5.91 Å². The number of hydrogen-bond acceptors (Lipinski definition) is 8. The van der Waals surface area contributed by atoms with Crippen LogP contribution >= 0.6 is 0 Å². The van der Waals surface area contributed by atoms with E-state index in [4.69, 9.17) is 9.47 Å². The zero-order chi connectivity index (χ0) is 53.6. The van der Waals surface area contributed by atoms with Gasteiger partial charge in [0.25, 0.3) is 0 Å². The standard InChI is InChI=1S/C65H125NO8/c1-3-5-7-9-11-13-15-17-19-21-23-25-27-29-31-32-34-36-38-40-42-44-46-48-50-52-54-59(68)58(57-73-65-64(72)63(71)62(70)60(56-67)74-65)66-61(69)55-53-51-49-47-45-43-41-39-37-35-33-30-28-26-24-22-20-18-16-14-12-10-8-6-4-2/h22,24,52,54,58-60,62-65,67-68,70-72H,3-21,23,25-51,53,55-57H2,1-2H3,(H,66,69)/b24-22-,54-52+. The molecule has 1 heterocycles. The van der Waals surface area contributed by atoms with E-state index in [2.05, 4.69) is 31.3 Å². The first-order valence-corrected chi connectivity index (χ1v) is 32.6. The van der Waals surface area contributed by atoms with Crippen molar-refractivity contribution < 1.29 is 39.8 Å². The van der Waals surface area contributed by atoms with Gasteiger partial charge in [-0.25, -0.2) is 0 Å². The van der Waals surface area contributed by atoms with Gasteiger partial charge < -0.3 is 40.3 Å². The highest BCUT2D eigenvalue weighted by molar-refractivity contribution is 5.76. The molecule has 0 aromatic carbocycles. The second-order valence-corrected chi connectivity index (χ2v) is 22.9. The van der Waals surface area contributed by atoms with Crippen LogP contribution in [0.5, 0.6) is 0 Å². The molecule has 1 amide bonds. The molecule has 1 fully saturated rings. The van der Waals surface area contributed by atoms with Crippen molar-refractivity contribution in [3.8, 4) is 0 Å². The Morgan fingerprint density at radius 2 is 0.757 bits per heavy atom. The minimum atomic E-state index is -1.57. The summed E-state index contributed by atoms with van der Waals surface area (Å²) in [6, 6.07) is -0.804. The number of ether oxygens (including phenoxy) is 2. The maximum absolute atomic E-state index is 13.1. The van der Waals surface area contributed by atoms with Gasteiger partial charge in [-0.05, 0) is 44.9 Å². The Morgan fingerprint density at radius 1 is 0.446 bits per heavy atom. The number of aliphatic hydroxyl groups excluding tert-OH is 5. The van der Waals surface area contributed by atoms with Crippen molar-refractivity contribution in [1.82, 2.24) is 5.32 Å². The minimum absolute atomic E-state index is 0.171. The topological polar surface area (TPSA) is 149 Å². The Bertz CT molecular complexity index is 1210. The molecule has 9 heteroatoms. The van der Waals surface area contributed by atoms with E-state index in [9.17, 15) is 30.3 Å². The van der Waals surface area contributed by atoms with E-state index in [0.717, 1.165) is 38.5 Å². The molecule has 0 aliphatic carbocycles. The van der Waals surface area contributed by atoms with Gasteiger partial charge in [0.05, 0.1) is 25.4 Å². The maximum atomic E-state index is 13.1. The monoisotopic (exact) mass is 1050 g/mol. The molecule has 1 rings (SSSR count). The van der Waals surface area contributed by atoms with Gasteiger partial charge in [0.1, 0.15) is 24.4 Å². The molecule has 0 saturated carbocycles. The van der Waals surface area contributed by atoms with E-state index >= 15 is 0 Å². The van der Waals surface area contributed by atoms with Crippen LogP contribution in [0.3, 0.4) is 0 Å². The summed E-state index contributed by atoms with van der Waals surface area (Å²) in [4.78, 5) is 13.1. The number of unbranched alkanes of at least 4 members (excludes halogenated alkanes) is 45. The Kier molecular flexibility index (Phi) is 52.5. The summed E-state index contributed by atoms with van der Waals surface area (Å²) in [7, 11) is 0. The highest BCUT2D eigenvalue weighted by Crippen LogP contribution is 2.23. The summed E-state index contributed by atoms with van der Waals surface area (Å²) >= 11 is 0. The molecule has 6 N–H and O–H groups in total. The summed E-state index contributed by atoms with van der Waals surface area (Å²) in [5, 5.41) is 54.7. The molecule has 7 atom stereocenters. The predicted molar refractivity (Wildman–Crippen MR) is 314 cm³/mol. The molecule has 0 radical (unpaired) electrons. The highest BCUT2D eigenvalue weighted by Gasteiger charge is 2.44. The third-order valence-corrected chi connectivity index (χ3v) is 15.8. The Morgan fingerprint density at radius 3 is 1.09 bits per heavy atom. The summed E-state index contributed by atoms with van der Waals surface area (Å²) in [6.45, 7) is 3.83. The molecule has 1 saturated heterocycles. The average molecular weight is 1050 g/mol. The maximum Gasteiger partial charge on any atom is 0.220 e. The van der Waals surface area contributed by atoms with E-state index < -0.39 is 49.5 Å². The van der Waals surface area contributed by atoms with Crippen LogP contribution in [0.2, 0.25) is 0 Å². The van der Waals surface area contributed by atoms with E-state index in [-0.39, 0.29) is 12.5 Å². The zero-order valence-electron chi connectivity index (χ0n) is 48.9. The lowest BCUT2D eigenvalue weighted by atomic mass is 9.99. The fourth-order valence-electron chi connectivity index (χ4n) is 10.6. The van der Waals surface area contributed by atoms with Gasteiger partial charge >= 0.3 is 0 Å². The van der Waals surface area contributed by atoms with Crippen LogP contribution in [0.15, 0.2) is 24.3 Å². The first kappa shape index (κ1) is 70.7. The average Bonchev–Trinajstić information content (AvgIpc) is 3.40. The molecular formula is C65H125NO8. The van der Waals surface area contributed by atoms with Gasteiger partial charge in [-0.3, -0.25) is 4.79 Å². The number of rotatable bonds is 57. The van der Waals surface area contributed by atoms with Crippen molar-refractivity contribution in [2.75, 3.05) is 13.2 Å². The van der Waals surface area contributed by atoms with Crippen molar-refractivity contribution in [2.24, 2.45) is 0 Å². The van der Waals surface area contributed by atoms with Crippen LogP contribution in [-0.4, -0.2) is 87.5 Å². The summed E-state index contributed by atoms with van der Waals surface area (Å²) in [5.41, 5.74) is 0. The number of nitrogens with one attached hydrogen (secondary N) is 1. The molecule has 7 unspecified atom stereocenters. The number of hydrogen-bond donors (Lipinski definition) is 6. The normalized spacial score (nSPS) is 19.0. The summed E-state index contributed by atoms with van der Waals surface area (Å²) < 4.78 is 11.3. The van der Waals surface area contributed by atoms with Gasteiger partial charge in [-0.1, -0.05) is 301 Å². The van der Waals surface area contributed by atoms with Gasteiger partial charge in [-0.2, -0.15) is 0 Å². The van der Waals surface area contributed by atoms with Crippen molar-refractivity contribution in [3.05, 3.63) is 24.3 Å². The zero-order valence-corrected chi connectivity index (χ0v) is 48.9. The third-order valence-electron chi connectivity index (χ3n) is 15.8. The lowest BCUT2D eigenvalue weighted by Crippen LogP contribution is -2.60. The lowest BCUT2D eigenvalue weighted by molar-refractivity contribution is -0.302. The van der Waals surface area contributed by atoms with Crippen molar-refractivity contribution in [3.63, 3.8) is 0 Å². The number of carbonyl (C=O) groups excluding carboxylic acids is 1. The predicted octanol–water partition coefficient (Wildman–Crippen LogP) is 16.9.